The van der Waals surface area contributed by atoms with Crippen molar-refractivity contribution in [1.82, 2.24) is 5.32 Å². The molecule has 2 saturated carbocycles. The summed E-state index contributed by atoms with van der Waals surface area (Å²) >= 11 is 0. The van der Waals surface area contributed by atoms with Gasteiger partial charge in [0.05, 0.1) is 5.56 Å². The Bertz CT molecular complexity index is 783. The summed E-state index contributed by atoms with van der Waals surface area (Å²) in [7, 11) is 0. The van der Waals surface area contributed by atoms with Crippen LogP contribution in [0.25, 0.3) is 11.1 Å². The maximum absolute atomic E-state index is 12.9. The highest BCUT2D eigenvalue weighted by atomic mass is 35.5. The van der Waals surface area contributed by atoms with Crippen molar-refractivity contribution < 1.29 is 13.2 Å². The van der Waals surface area contributed by atoms with Crippen LogP contribution in [0.4, 0.5) is 13.2 Å². The Morgan fingerprint density at radius 2 is 1.57 bits per heavy atom. The summed E-state index contributed by atoms with van der Waals surface area (Å²) in [6, 6.07) is 14.9. The molecule has 2 atom stereocenters. The normalized spacial score (nSPS) is 27.1. The van der Waals surface area contributed by atoms with Crippen LogP contribution in [-0.4, -0.2) is 18.1 Å². The number of rotatable bonds is 4. The molecule has 6 heteroatoms. The Labute approximate surface area is 170 Å². The minimum Gasteiger partial charge on any atom is -0.328 e. The van der Waals surface area contributed by atoms with Gasteiger partial charge in [-0.1, -0.05) is 36.4 Å². The van der Waals surface area contributed by atoms with Gasteiger partial charge in [-0.25, -0.2) is 0 Å². The molecule has 152 valence electrons. The molecule has 28 heavy (non-hydrogen) atoms. The van der Waals surface area contributed by atoms with E-state index >= 15 is 0 Å². The van der Waals surface area contributed by atoms with Crippen LogP contribution in [0, 0.1) is 0 Å². The third kappa shape index (κ3) is 4.88. The molecule has 2 nitrogen and oxygen atoms in total. The first-order chi connectivity index (χ1) is 12.9. The quantitative estimate of drug-likeness (QED) is 0.697. The first-order valence-electron chi connectivity index (χ1n) is 9.69. The number of nitrogens with one attached hydrogen (secondary N) is 1. The van der Waals surface area contributed by atoms with Crippen LogP contribution in [-0.2, 0) is 6.18 Å². The van der Waals surface area contributed by atoms with Crippen molar-refractivity contribution in [2.75, 3.05) is 0 Å². The van der Waals surface area contributed by atoms with E-state index in [9.17, 15) is 13.2 Å². The molecular weight excluding hydrogens is 385 g/mol. The highest BCUT2D eigenvalue weighted by molar-refractivity contribution is 5.85. The Morgan fingerprint density at radius 1 is 0.893 bits per heavy atom. The summed E-state index contributed by atoms with van der Waals surface area (Å²) in [6.07, 6.45) is 1.32. The van der Waals surface area contributed by atoms with Gasteiger partial charge in [-0.3, -0.25) is 0 Å². The number of halogens is 4. The van der Waals surface area contributed by atoms with Crippen molar-refractivity contribution in [2.24, 2.45) is 5.73 Å². The highest BCUT2D eigenvalue weighted by Gasteiger charge is 2.39. The van der Waals surface area contributed by atoms with Crippen LogP contribution in [0.5, 0.6) is 0 Å². The lowest BCUT2D eigenvalue weighted by Gasteiger charge is -2.27. The number of alkyl halides is 3. The second kappa shape index (κ2) is 8.44. The standard InChI is InChI=1S/C22H25F3N2.ClH/c23-22(24,25)17-3-1-2-16(12-17)14-4-6-15(7-5-14)20-13-21(20)27-19-10-8-18(26)9-11-19;/h1-7,12,18-21,27H,8-11,13,26H2;1H/t18?,19?,20-,21+;/m0./s1. The van der Waals surface area contributed by atoms with E-state index in [-0.39, 0.29) is 12.4 Å². The second-order valence-electron chi connectivity index (χ2n) is 7.93. The topological polar surface area (TPSA) is 38.0 Å². The van der Waals surface area contributed by atoms with Crippen LogP contribution < -0.4 is 11.1 Å². The van der Waals surface area contributed by atoms with Gasteiger partial charge in [-0.2, -0.15) is 13.2 Å². The molecule has 4 rings (SSSR count). The van der Waals surface area contributed by atoms with Crippen LogP contribution in [0.15, 0.2) is 48.5 Å². The summed E-state index contributed by atoms with van der Waals surface area (Å²) in [5, 5.41) is 3.75. The molecule has 2 aromatic carbocycles. The van der Waals surface area contributed by atoms with Crippen LogP contribution in [0.2, 0.25) is 0 Å². The van der Waals surface area contributed by atoms with Gasteiger partial charge in [0.1, 0.15) is 0 Å². The Hall–Kier alpha value is -1.56. The maximum atomic E-state index is 12.9. The average Bonchev–Trinajstić information content (AvgIpc) is 3.42. The smallest absolute Gasteiger partial charge is 0.328 e. The summed E-state index contributed by atoms with van der Waals surface area (Å²) < 4.78 is 38.7. The molecule has 0 aromatic heterocycles. The van der Waals surface area contributed by atoms with Crippen molar-refractivity contribution in [2.45, 2.75) is 62.3 Å². The van der Waals surface area contributed by atoms with Gasteiger partial charge in [0, 0.05) is 24.0 Å². The van der Waals surface area contributed by atoms with E-state index in [1.165, 1.54) is 17.7 Å². The molecule has 2 aliphatic carbocycles. The highest BCUT2D eigenvalue weighted by Crippen LogP contribution is 2.42. The van der Waals surface area contributed by atoms with Gasteiger partial charge in [-0.15, -0.1) is 12.4 Å². The van der Waals surface area contributed by atoms with Crippen molar-refractivity contribution in [3.8, 4) is 11.1 Å². The first-order valence-corrected chi connectivity index (χ1v) is 9.69. The fraction of sp³-hybridized carbons (Fsp3) is 0.455. The summed E-state index contributed by atoms with van der Waals surface area (Å²) in [6.45, 7) is 0. The van der Waals surface area contributed by atoms with E-state index in [0.717, 1.165) is 43.7 Å². The molecule has 0 unspecified atom stereocenters. The van der Waals surface area contributed by atoms with Crippen LogP contribution >= 0.6 is 12.4 Å². The first kappa shape index (κ1) is 21.2. The van der Waals surface area contributed by atoms with Crippen LogP contribution in [0.3, 0.4) is 0 Å². The number of hydrogen-bond acceptors (Lipinski definition) is 2. The molecule has 0 heterocycles. The van der Waals surface area contributed by atoms with E-state index in [4.69, 9.17) is 5.73 Å². The largest absolute Gasteiger partial charge is 0.416 e. The SMILES string of the molecule is Cl.NC1CCC(N[C@@H]2C[C@H]2c2ccc(-c3cccc(C(F)(F)F)c3)cc2)CC1. The molecule has 2 fully saturated rings. The van der Waals surface area contributed by atoms with Gasteiger partial charge < -0.3 is 11.1 Å². The van der Waals surface area contributed by atoms with E-state index in [2.05, 4.69) is 17.4 Å². The fourth-order valence-corrected chi connectivity index (χ4v) is 4.13. The molecule has 0 radical (unpaired) electrons. The fourth-order valence-electron chi connectivity index (χ4n) is 4.13. The second-order valence-corrected chi connectivity index (χ2v) is 7.93. The lowest BCUT2D eigenvalue weighted by molar-refractivity contribution is -0.137. The zero-order chi connectivity index (χ0) is 19.0. The summed E-state index contributed by atoms with van der Waals surface area (Å²) in [4.78, 5) is 0. The summed E-state index contributed by atoms with van der Waals surface area (Å²) in [5.74, 6) is 0.510. The zero-order valence-corrected chi connectivity index (χ0v) is 16.4. The molecule has 2 aromatic rings. The number of benzene rings is 2. The van der Waals surface area contributed by atoms with Gasteiger partial charge >= 0.3 is 6.18 Å². The van der Waals surface area contributed by atoms with Crippen molar-refractivity contribution in [3.05, 3.63) is 59.7 Å². The van der Waals surface area contributed by atoms with E-state index in [1.807, 2.05) is 12.1 Å². The maximum Gasteiger partial charge on any atom is 0.416 e. The van der Waals surface area contributed by atoms with E-state index in [0.29, 0.717) is 29.6 Å². The number of hydrogen-bond donors (Lipinski definition) is 2. The number of nitrogens with two attached hydrogens (primary N) is 1. The molecule has 0 aliphatic heterocycles. The Kier molecular flexibility index (Phi) is 6.37. The van der Waals surface area contributed by atoms with Crippen molar-refractivity contribution in [3.63, 3.8) is 0 Å². The molecular formula is C22H26ClF3N2. The molecule has 0 bridgehead atoms. The molecule has 2 aliphatic rings. The average molecular weight is 411 g/mol. The third-order valence-electron chi connectivity index (χ3n) is 5.87. The van der Waals surface area contributed by atoms with Gasteiger partial charge in [0.15, 0.2) is 0 Å². The van der Waals surface area contributed by atoms with E-state index < -0.39 is 11.7 Å². The lowest BCUT2D eigenvalue weighted by atomic mass is 9.92. The van der Waals surface area contributed by atoms with Gasteiger partial charge in [0.25, 0.3) is 0 Å². The molecule has 0 spiro atoms. The van der Waals surface area contributed by atoms with Crippen molar-refractivity contribution in [1.29, 1.82) is 0 Å². The Morgan fingerprint density at radius 3 is 2.21 bits per heavy atom. The van der Waals surface area contributed by atoms with Crippen LogP contribution in [0.1, 0.15) is 49.1 Å². The molecule has 3 N–H and O–H groups in total. The molecule has 0 saturated heterocycles. The Balaban J connectivity index is 0.00000225. The summed E-state index contributed by atoms with van der Waals surface area (Å²) in [5.41, 5.74) is 8.03. The third-order valence-corrected chi connectivity index (χ3v) is 5.87. The zero-order valence-electron chi connectivity index (χ0n) is 15.6. The van der Waals surface area contributed by atoms with Crippen molar-refractivity contribution >= 4 is 12.4 Å². The van der Waals surface area contributed by atoms with Gasteiger partial charge in [0.2, 0.25) is 0 Å². The monoisotopic (exact) mass is 410 g/mol. The molecule has 0 amide bonds. The van der Waals surface area contributed by atoms with Gasteiger partial charge in [-0.05, 0) is 60.9 Å². The van der Waals surface area contributed by atoms with E-state index in [1.54, 1.807) is 6.07 Å². The minimum absolute atomic E-state index is 0. The predicted molar refractivity (Wildman–Crippen MR) is 109 cm³/mol. The predicted octanol–water partition coefficient (Wildman–Crippen LogP) is 5.51. The minimum atomic E-state index is -4.31. The lowest BCUT2D eigenvalue weighted by Crippen LogP contribution is -2.38.